The summed E-state index contributed by atoms with van der Waals surface area (Å²) in [6, 6.07) is 47.9. The van der Waals surface area contributed by atoms with Crippen molar-refractivity contribution in [2.45, 2.75) is 42.3 Å². The predicted molar refractivity (Wildman–Crippen MR) is 246 cm³/mol. The number of aliphatic hydroxyl groups is 2. The van der Waals surface area contributed by atoms with Crippen molar-refractivity contribution >= 4 is 23.5 Å². The second-order valence-electron chi connectivity index (χ2n) is 16.7. The number of amides is 2. The number of hydrogen-bond acceptors (Lipinski definition) is 9. The van der Waals surface area contributed by atoms with Gasteiger partial charge >= 0.3 is 5.97 Å². The molecular formula is C54H50N4O7. The summed E-state index contributed by atoms with van der Waals surface area (Å²) in [5.41, 5.74) is 3.60. The number of carbonyl (C=O) groups is 3. The average molecular weight is 867 g/mol. The molecule has 11 nitrogen and oxygen atoms in total. The maximum atomic E-state index is 15.6. The van der Waals surface area contributed by atoms with Crippen molar-refractivity contribution in [1.82, 2.24) is 15.1 Å². The molecule has 6 aromatic carbocycles. The zero-order valence-electron chi connectivity index (χ0n) is 35.9. The third-order valence-corrected chi connectivity index (χ3v) is 12.7. The molecule has 7 atom stereocenters. The first-order valence-corrected chi connectivity index (χ1v) is 21.9. The zero-order valence-corrected chi connectivity index (χ0v) is 35.9. The van der Waals surface area contributed by atoms with E-state index in [0.717, 1.165) is 16.7 Å². The molecule has 9 rings (SSSR count). The number of nitrogens with zero attached hydrogens (tertiary/aromatic N) is 2. The Morgan fingerprint density at radius 3 is 2.20 bits per heavy atom. The van der Waals surface area contributed by atoms with E-state index >= 15 is 14.4 Å². The van der Waals surface area contributed by atoms with Gasteiger partial charge in [-0.2, -0.15) is 0 Å². The highest BCUT2D eigenvalue weighted by Gasteiger charge is 2.74. The number of esters is 1. The van der Waals surface area contributed by atoms with Crippen LogP contribution in [0.5, 0.6) is 5.75 Å². The van der Waals surface area contributed by atoms with Crippen LogP contribution in [0.15, 0.2) is 164 Å². The summed E-state index contributed by atoms with van der Waals surface area (Å²) in [6.07, 6.45) is -1.94. The number of hydrogen-bond donors (Lipinski definition) is 4. The van der Waals surface area contributed by atoms with E-state index in [0.29, 0.717) is 46.8 Å². The number of nitrogens with one attached hydrogen (secondary N) is 2. The summed E-state index contributed by atoms with van der Waals surface area (Å²) in [5, 5.41) is 27.5. The van der Waals surface area contributed by atoms with Crippen LogP contribution < -0.4 is 15.4 Å². The number of carbonyl (C=O) groups excluding carboxylic acids is 3. The summed E-state index contributed by atoms with van der Waals surface area (Å²) in [5.74, 6) is 3.82. The van der Waals surface area contributed by atoms with Crippen molar-refractivity contribution in [3.05, 3.63) is 203 Å². The van der Waals surface area contributed by atoms with Gasteiger partial charge < -0.3 is 30.3 Å². The molecule has 6 aromatic rings. The predicted octanol–water partition coefficient (Wildman–Crippen LogP) is 6.66. The molecule has 0 radical (unpaired) electrons. The standard InChI is InChI=1S/C54H50N4O7/c1-57(35-37-17-6-2-7-18-37)30-16-19-36-28-29-43-42(33-36)54(53(63)56-43)46(51(61)55-34-44(60)38-20-8-3-9-21-38)48-52(62)65-49(40-24-12-5-13-25-40)47(39-22-10-4-11-23-39)58(48)50(54)41-26-14-15-27-45(41)64-32-31-59/h2-15,17-18,20-29,33,44,46-50,59-60H,30-32,34-35H2,1H3,(H,55,61)(H,56,63). The fourth-order valence-corrected chi connectivity index (χ4v) is 9.96. The van der Waals surface area contributed by atoms with Crippen LogP contribution in [0.2, 0.25) is 0 Å². The molecule has 1 spiro atoms. The first kappa shape index (κ1) is 43.2. The van der Waals surface area contributed by atoms with Gasteiger partial charge in [-0.25, -0.2) is 0 Å². The van der Waals surface area contributed by atoms with Crippen LogP contribution in [0.4, 0.5) is 5.69 Å². The Hall–Kier alpha value is -7.07. The topological polar surface area (TPSA) is 141 Å². The molecule has 3 heterocycles. The maximum absolute atomic E-state index is 15.6. The number of cyclic esters (lactones) is 1. The van der Waals surface area contributed by atoms with Gasteiger partial charge in [-0.15, -0.1) is 0 Å². The Labute approximate surface area is 378 Å². The molecule has 2 amide bonds. The summed E-state index contributed by atoms with van der Waals surface area (Å²) >= 11 is 0. The van der Waals surface area contributed by atoms with E-state index in [1.807, 2.05) is 127 Å². The second kappa shape index (κ2) is 19.0. The van der Waals surface area contributed by atoms with E-state index in [4.69, 9.17) is 9.47 Å². The van der Waals surface area contributed by atoms with Crippen molar-refractivity contribution in [1.29, 1.82) is 0 Å². The maximum Gasteiger partial charge on any atom is 0.324 e. The molecule has 7 unspecified atom stereocenters. The highest BCUT2D eigenvalue weighted by Crippen LogP contribution is 2.65. The zero-order chi connectivity index (χ0) is 44.9. The van der Waals surface area contributed by atoms with Gasteiger partial charge in [0.2, 0.25) is 11.8 Å². The van der Waals surface area contributed by atoms with Crippen LogP contribution in [0, 0.1) is 17.8 Å². The van der Waals surface area contributed by atoms with E-state index in [9.17, 15) is 10.2 Å². The van der Waals surface area contributed by atoms with Gasteiger partial charge in [-0.3, -0.25) is 24.2 Å². The first-order chi connectivity index (χ1) is 31.8. The highest BCUT2D eigenvalue weighted by atomic mass is 16.6. The fraction of sp³-hybridized carbons (Fsp3) is 0.241. The molecule has 0 aliphatic carbocycles. The summed E-state index contributed by atoms with van der Waals surface area (Å²) in [4.78, 5) is 50.4. The smallest absolute Gasteiger partial charge is 0.324 e. The molecule has 328 valence electrons. The number of anilines is 1. The molecule has 2 saturated heterocycles. The van der Waals surface area contributed by atoms with Crippen LogP contribution in [0.25, 0.3) is 0 Å². The van der Waals surface area contributed by atoms with E-state index < -0.39 is 59.5 Å². The monoisotopic (exact) mass is 866 g/mol. The van der Waals surface area contributed by atoms with Crippen molar-refractivity contribution in [3.63, 3.8) is 0 Å². The van der Waals surface area contributed by atoms with E-state index in [1.165, 1.54) is 0 Å². The third kappa shape index (κ3) is 8.29. The molecular weight excluding hydrogens is 817 g/mol. The molecule has 11 heteroatoms. The van der Waals surface area contributed by atoms with Gasteiger partial charge in [0, 0.05) is 29.9 Å². The Kier molecular flexibility index (Phi) is 12.6. The number of aliphatic hydroxyl groups excluding tert-OH is 2. The first-order valence-electron chi connectivity index (χ1n) is 21.9. The van der Waals surface area contributed by atoms with E-state index in [-0.39, 0.29) is 19.8 Å². The largest absolute Gasteiger partial charge is 0.491 e. The van der Waals surface area contributed by atoms with Crippen LogP contribution in [0.3, 0.4) is 0 Å². The van der Waals surface area contributed by atoms with Gasteiger partial charge in [-0.05, 0) is 59.1 Å². The molecule has 0 bridgehead atoms. The van der Waals surface area contributed by atoms with Crippen LogP contribution in [-0.4, -0.2) is 77.2 Å². The Morgan fingerprint density at radius 2 is 1.49 bits per heavy atom. The summed E-state index contributed by atoms with van der Waals surface area (Å²) in [6.45, 7) is 0.661. The van der Waals surface area contributed by atoms with Gasteiger partial charge in [-0.1, -0.05) is 151 Å². The van der Waals surface area contributed by atoms with Gasteiger partial charge in [0.05, 0.1) is 37.3 Å². The van der Waals surface area contributed by atoms with Gasteiger partial charge in [0.25, 0.3) is 0 Å². The van der Waals surface area contributed by atoms with Crippen molar-refractivity contribution in [3.8, 4) is 17.6 Å². The minimum absolute atomic E-state index is 0.0422. The number of rotatable bonds is 13. The van der Waals surface area contributed by atoms with E-state index in [2.05, 4.69) is 39.5 Å². The van der Waals surface area contributed by atoms with E-state index in [1.54, 1.807) is 36.4 Å². The molecule has 0 aromatic heterocycles. The minimum Gasteiger partial charge on any atom is -0.491 e. The number of para-hydroxylation sites is 1. The Balaban J connectivity index is 1.25. The molecule has 4 N–H and O–H groups in total. The number of morpholine rings is 1. The lowest BCUT2D eigenvalue weighted by atomic mass is 9.65. The molecule has 3 aliphatic rings. The Bertz CT molecular complexity index is 2710. The summed E-state index contributed by atoms with van der Waals surface area (Å²) in [7, 11) is 2.00. The minimum atomic E-state index is -1.81. The molecule has 65 heavy (non-hydrogen) atoms. The van der Waals surface area contributed by atoms with Crippen molar-refractivity contribution in [2.24, 2.45) is 5.92 Å². The SMILES string of the molecule is CN(CC#Cc1ccc2c(c1)C1(C(=O)N2)C(C(=O)NCC(O)c2ccccc2)C2C(=O)OC(c3ccccc3)C(c3ccccc3)N2C1c1ccccc1OCCO)Cc1ccccc1. The van der Waals surface area contributed by atoms with Crippen LogP contribution in [-0.2, 0) is 31.1 Å². The number of ether oxygens (including phenoxy) is 2. The highest BCUT2D eigenvalue weighted by molar-refractivity contribution is 6.12. The third-order valence-electron chi connectivity index (χ3n) is 12.7. The second-order valence-corrected chi connectivity index (χ2v) is 16.7. The normalized spacial score (nSPS) is 22.6. The lowest BCUT2D eigenvalue weighted by Gasteiger charge is -2.46. The Morgan fingerprint density at radius 1 is 0.846 bits per heavy atom. The van der Waals surface area contributed by atoms with Gasteiger partial charge in [0.1, 0.15) is 29.9 Å². The van der Waals surface area contributed by atoms with Crippen molar-refractivity contribution in [2.75, 3.05) is 38.7 Å². The quantitative estimate of drug-likeness (QED) is 0.0742. The molecule has 3 aliphatic heterocycles. The molecule has 0 saturated carbocycles. The van der Waals surface area contributed by atoms with Crippen molar-refractivity contribution < 1.29 is 34.1 Å². The number of fused-ring (bicyclic) bond motifs is 3. The fourth-order valence-electron chi connectivity index (χ4n) is 9.96. The lowest BCUT2D eigenvalue weighted by Crippen LogP contribution is -2.55. The lowest BCUT2D eigenvalue weighted by molar-refractivity contribution is -0.178. The number of benzene rings is 6. The van der Waals surface area contributed by atoms with Crippen LogP contribution in [0.1, 0.15) is 63.2 Å². The average Bonchev–Trinajstić information content (AvgIpc) is 3.82. The van der Waals surface area contributed by atoms with Crippen LogP contribution >= 0.6 is 0 Å². The molecule has 2 fully saturated rings. The van der Waals surface area contributed by atoms with Gasteiger partial charge in [0.15, 0.2) is 0 Å². The summed E-state index contributed by atoms with van der Waals surface area (Å²) < 4.78 is 12.8.